The van der Waals surface area contributed by atoms with E-state index in [4.69, 9.17) is 0 Å². The van der Waals surface area contributed by atoms with Crippen molar-refractivity contribution in [2.24, 2.45) is 0 Å². The number of carbonyl (C=O) groups excluding carboxylic acids is 1. The van der Waals surface area contributed by atoms with Crippen molar-refractivity contribution in [1.82, 2.24) is 0 Å². The quantitative estimate of drug-likeness (QED) is 0.685. The van der Waals surface area contributed by atoms with Crippen molar-refractivity contribution in [3.05, 3.63) is 50.7 Å². The van der Waals surface area contributed by atoms with Gasteiger partial charge < -0.3 is 5.32 Å². The minimum absolute atomic E-state index is 0.0872. The van der Waals surface area contributed by atoms with Gasteiger partial charge in [0.05, 0.1) is 15.5 Å². The van der Waals surface area contributed by atoms with Crippen LogP contribution in [0.5, 0.6) is 0 Å². The second-order valence-electron chi connectivity index (χ2n) is 4.21. The molecule has 9 heteroatoms. The highest BCUT2D eigenvalue weighted by Crippen LogP contribution is 2.22. The number of nitrogens with one attached hydrogen (secondary N) is 1. The molecule has 1 aromatic carbocycles. The van der Waals surface area contributed by atoms with Crippen molar-refractivity contribution in [3.63, 3.8) is 0 Å². The van der Waals surface area contributed by atoms with E-state index >= 15 is 0 Å². The van der Waals surface area contributed by atoms with Gasteiger partial charge in [0, 0.05) is 29.3 Å². The predicted molar refractivity (Wildman–Crippen MR) is 78.5 cm³/mol. The Kier molecular flexibility index (Phi) is 4.05. The fourth-order valence-corrected chi connectivity index (χ4v) is 2.84. The van der Waals surface area contributed by atoms with Crippen molar-refractivity contribution in [2.75, 3.05) is 11.6 Å². The molecule has 2 aromatic rings. The summed E-state index contributed by atoms with van der Waals surface area (Å²) in [5.74, 6) is -0.609. The van der Waals surface area contributed by atoms with Crippen LogP contribution in [0.2, 0.25) is 0 Å². The Morgan fingerprint density at radius 3 is 2.57 bits per heavy atom. The van der Waals surface area contributed by atoms with Gasteiger partial charge >= 0.3 is 0 Å². The number of nitro groups is 1. The molecule has 0 aliphatic heterocycles. The van der Waals surface area contributed by atoms with Crippen molar-refractivity contribution in [2.45, 2.75) is 4.90 Å². The normalized spacial score (nSPS) is 11.1. The van der Waals surface area contributed by atoms with Crippen LogP contribution in [-0.4, -0.2) is 25.5 Å². The van der Waals surface area contributed by atoms with Crippen LogP contribution in [0, 0.1) is 10.1 Å². The summed E-state index contributed by atoms with van der Waals surface area (Å²) in [4.78, 5) is 21.9. The zero-order valence-corrected chi connectivity index (χ0v) is 12.4. The van der Waals surface area contributed by atoms with Crippen LogP contribution < -0.4 is 5.32 Å². The van der Waals surface area contributed by atoms with Gasteiger partial charge in [0.2, 0.25) is 0 Å². The molecule has 0 spiro atoms. The Balaban J connectivity index is 2.45. The molecule has 0 aliphatic rings. The minimum atomic E-state index is -3.66. The maximum absolute atomic E-state index is 12.0. The Labute approximate surface area is 124 Å². The molecule has 1 N–H and O–H groups in total. The number of non-ortho nitro benzene ring substituents is 1. The van der Waals surface area contributed by atoms with Crippen LogP contribution in [-0.2, 0) is 9.84 Å². The first-order valence-corrected chi connectivity index (χ1v) is 8.44. The van der Waals surface area contributed by atoms with Crippen LogP contribution in [0.4, 0.5) is 11.4 Å². The van der Waals surface area contributed by atoms with E-state index < -0.39 is 26.4 Å². The first-order valence-electron chi connectivity index (χ1n) is 5.60. The largest absolute Gasteiger partial charge is 0.321 e. The molecule has 110 valence electrons. The molecule has 0 unspecified atom stereocenters. The lowest BCUT2D eigenvalue weighted by molar-refractivity contribution is -0.385. The van der Waals surface area contributed by atoms with Crippen LogP contribution in [0.1, 0.15) is 10.4 Å². The maximum atomic E-state index is 12.0. The number of anilines is 1. The Morgan fingerprint density at radius 2 is 2.05 bits per heavy atom. The number of nitrogens with zero attached hydrogens (tertiary/aromatic N) is 1. The fraction of sp³-hybridized carbons (Fsp3) is 0.0833. The molecular weight excluding hydrogens is 316 g/mol. The average molecular weight is 326 g/mol. The lowest BCUT2D eigenvalue weighted by Crippen LogP contribution is -2.13. The van der Waals surface area contributed by atoms with Crippen LogP contribution >= 0.6 is 11.3 Å². The molecular formula is C12H10N2O5S2. The van der Waals surface area contributed by atoms with E-state index in [2.05, 4.69) is 5.32 Å². The van der Waals surface area contributed by atoms with Gasteiger partial charge in [0.1, 0.15) is 0 Å². The van der Waals surface area contributed by atoms with Crippen LogP contribution in [0.3, 0.4) is 0 Å². The van der Waals surface area contributed by atoms with Crippen molar-refractivity contribution < 1.29 is 18.1 Å². The zero-order chi connectivity index (χ0) is 15.6. The van der Waals surface area contributed by atoms with E-state index in [1.165, 1.54) is 11.3 Å². The molecule has 0 bridgehead atoms. The first-order chi connectivity index (χ1) is 9.77. The number of rotatable bonds is 4. The topological polar surface area (TPSA) is 106 Å². The summed E-state index contributed by atoms with van der Waals surface area (Å²) >= 11 is 1.37. The van der Waals surface area contributed by atoms with E-state index in [0.717, 1.165) is 24.5 Å². The van der Waals surface area contributed by atoms with E-state index in [1.807, 2.05) is 0 Å². The average Bonchev–Trinajstić information content (AvgIpc) is 2.90. The highest BCUT2D eigenvalue weighted by atomic mass is 32.2. The molecule has 0 saturated heterocycles. The molecule has 1 aromatic heterocycles. The summed E-state index contributed by atoms with van der Waals surface area (Å²) in [6, 6.07) is 4.74. The van der Waals surface area contributed by atoms with Gasteiger partial charge in [0.15, 0.2) is 9.84 Å². The van der Waals surface area contributed by atoms with E-state index in [9.17, 15) is 23.3 Å². The number of nitro benzene ring substituents is 1. The summed E-state index contributed by atoms with van der Waals surface area (Å²) in [7, 11) is -3.66. The SMILES string of the molecule is CS(=O)(=O)c1cc(C(=O)Nc2ccsc2)cc([N+](=O)[O-])c1. The predicted octanol–water partition coefficient (Wildman–Crippen LogP) is 2.31. The third-order valence-corrected chi connectivity index (χ3v) is 4.35. The number of benzene rings is 1. The summed E-state index contributed by atoms with van der Waals surface area (Å²) < 4.78 is 23.1. The maximum Gasteiger partial charge on any atom is 0.271 e. The monoisotopic (exact) mass is 326 g/mol. The molecule has 0 fully saturated rings. The lowest BCUT2D eigenvalue weighted by Gasteiger charge is -2.05. The number of amides is 1. The van der Waals surface area contributed by atoms with Crippen molar-refractivity contribution >= 4 is 38.5 Å². The highest BCUT2D eigenvalue weighted by Gasteiger charge is 2.19. The van der Waals surface area contributed by atoms with Gasteiger partial charge in [-0.1, -0.05) is 0 Å². The van der Waals surface area contributed by atoms with Crippen LogP contribution in [0.25, 0.3) is 0 Å². The molecule has 21 heavy (non-hydrogen) atoms. The molecule has 0 radical (unpaired) electrons. The highest BCUT2D eigenvalue weighted by molar-refractivity contribution is 7.90. The van der Waals surface area contributed by atoms with Gasteiger partial charge in [-0.25, -0.2) is 8.42 Å². The molecule has 1 heterocycles. The van der Waals surface area contributed by atoms with Gasteiger partial charge in [0.25, 0.3) is 11.6 Å². The summed E-state index contributed by atoms with van der Waals surface area (Å²) in [5.41, 5.74) is 0.00151. The number of hydrogen-bond acceptors (Lipinski definition) is 6. The lowest BCUT2D eigenvalue weighted by atomic mass is 10.2. The van der Waals surface area contributed by atoms with Gasteiger partial charge in [-0.05, 0) is 17.5 Å². The smallest absolute Gasteiger partial charge is 0.271 e. The van der Waals surface area contributed by atoms with E-state index in [-0.39, 0.29) is 10.5 Å². The van der Waals surface area contributed by atoms with Gasteiger partial charge in [-0.2, -0.15) is 11.3 Å². The van der Waals surface area contributed by atoms with Gasteiger partial charge in [-0.3, -0.25) is 14.9 Å². The van der Waals surface area contributed by atoms with Crippen molar-refractivity contribution in [3.8, 4) is 0 Å². The van der Waals surface area contributed by atoms with Crippen LogP contribution in [0.15, 0.2) is 39.9 Å². The van der Waals surface area contributed by atoms with E-state index in [0.29, 0.717) is 5.69 Å². The Morgan fingerprint density at radius 1 is 1.33 bits per heavy atom. The standard InChI is InChI=1S/C12H10N2O5S2/c1-21(18,19)11-5-8(4-10(6-11)14(16)17)12(15)13-9-2-3-20-7-9/h2-7H,1H3,(H,13,15). The van der Waals surface area contributed by atoms with Crippen molar-refractivity contribution in [1.29, 1.82) is 0 Å². The summed E-state index contributed by atoms with van der Waals surface area (Å²) in [5, 5.41) is 16.8. The summed E-state index contributed by atoms with van der Waals surface area (Å²) in [6.07, 6.45) is 0.923. The number of hydrogen-bond donors (Lipinski definition) is 1. The fourth-order valence-electron chi connectivity index (χ4n) is 1.57. The zero-order valence-electron chi connectivity index (χ0n) is 10.8. The second-order valence-corrected chi connectivity index (χ2v) is 7.01. The number of thiophene rings is 1. The summed E-state index contributed by atoms with van der Waals surface area (Å²) in [6.45, 7) is 0. The Hall–Kier alpha value is -2.26. The first kappa shape index (κ1) is 15.1. The Bertz CT molecular complexity index is 797. The molecule has 0 atom stereocenters. The van der Waals surface area contributed by atoms with E-state index in [1.54, 1.807) is 16.8 Å². The number of sulfone groups is 1. The number of carbonyl (C=O) groups is 1. The third-order valence-electron chi connectivity index (χ3n) is 2.57. The second kappa shape index (κ2) is 5.62. The molecule has 1 amide bonds. The van der Waals surface area contributed by atoms with Gasteiger partial charge in [-0.15, -0.1) is 0 Å². The third kappa shape index (κ3) is 3.64. The molecule has 0 saturated carbocycles. The molecule has 0 aliphatic carbocycles. The molecule has 7 nitrogen and oxygen atoms in total. The molecule has 2 rings (SSSR count). The minimum Gasteiger partial charge on any atom is -0.321 e.